The van der Waals surface area contributed by atoms with E-state index in [1.165, 1.54) is 0 Å². The molecule has 1 aromatic carbocycles. The lowest BCUT2D eigenvalue weighted by molar-refractivity contribution is -0.386. The molecule has 0 amide bonds. The second-order valence-corrected chi connectivity index (χ2v) is 4.07. The van der Waals surface area contributed by atoms with Crippen molar-refractivity contribution in [2.45, 2.75) is 13.0 Å². The number of alkyl halides is 2. The van der Waals surface area contributed by atoms with Gasteiger partial charge in [0.05, 0.1) is 18.5 Å². The highest BCUT2D eigenvalue weighted by molar-refractivity contribution is 9.10. The third kappa shape index (κ3) is 3.85. The Kier molecular flexibility index (Phi) is 5.16. The van der Waals surface area contributed by atoms with Crippen LogP contribution in [0.1, 0.15) is 5.56 Å². The predicted octanol–water partition coefficient (Wildman–Crippen LogP) is 2.67. The highest BCUT2D eigenvalue weighted by atomic mass is 79.9. The number of nitrogens with zero attached hydrogens (tertiary/aromatic N) is 1. The van der Waals surface area contributed by atoms with E-state index in [2.05, 4.69) is 25.4 Å². The number of nitro benzene ring substituents is 1. The highest BCUT2D eigenvalue weighted by Crippen LogP contribution is 2.38. The van der Waals surface area contributed by atoms with Gasteiger partial charge in [0.15, 0.2) is 0 Å². The molecule has 6 nitrogen and oxygen atoms in total. The minimum Gasteiger partial charge on any atom is -0.469 e. The van der Waals surface area contributed by atoms with Crippen LogP contribution in [0.4, 0.5) is 14.5 Å². The van der Waals surface area contributed by atoms with Crippen LogP contribution in [0, 0.1) is 10.1 Å². The van der Waals surface area contributed by atoms with Gasteiger partial charge in [-0.05, 0) is 28.1 Å². The van der Waals surface area contributed by atoms with E-state index >= 15 is 0 Å². The van der Waals surface area contributed by atoms with Crippen LogP contribution >= 0.6 is 15.9 Å². The van der Waals surface area contributed by atoms with Crippen molar-refractivity contribution in [3.8, 4) is 5.75 Å². The summed E-state index contributed by atoms with van der Waals surface area (Å²) in [7, 11) is 1.14. The van der Waals surface area contributed by atoms with Crippen molar-refractivity contribution >= 4 is 27.6 Å². The van der Waals surface area contributed by atoms with Crippen molar-refractivity contribution in [3.63, 3.8) is 0 Å². The predicted molar refractivity (Wildman–Crippen MR) is 63.1 cm³/mol. The lowest BCUT2D eigenvalue weighted by Gasteiger charge is -2.09. The Labute approximate surface area is 114 Å². The third-order valence-corrected chi connectivity index (χ3v) is 2.89. The van der Waals surface area contributed by atoms with Crippen molar-refractivity contribution < 1.29 is 28.0 Å². The first-order valence-electron chi connectivity index (χ1n) is 4.84. The number of ether oxygens (including phenoxy) is 2. The molecule has 0 aliphatic heterocycles. The van der Waals surface area contributed by atoms with Gasteiger partial charge in [0.25, 0.3) is 5.69 Å². The van der Waals surface area contributed by atoms with E-state index in [1.807, 2.05) is 0 Å². The highest BCUT2D eigenvalue weighted by Gasteiger charge is 2.25. The Morgan fingerprint density at radius 1 is 1.53 bits per heavy atom. The largest absolute Gasteiger partial charge is 0.469 e. The van der Waals surface area contributed by atoms with Crippen LogP contribution in [0.3, 0.4) is 0 Å². The quantitative estimate of drug-likeness (QED) is 0.468. The molecule has 1 rings (SSSR count). The Balaban J connectivity index is 3.23. The van der Waals surface area contributed by atoms with E-state index in [4.69, 9.17) is 0 Å². The number of esters is 1. The maximum Gasteiger partial charge on any atom is 0.387 e. The second-order valence-electron chi connectivity index (χ2n) is 3.27. The first-order valence-corrected chi connectivity index (χ1v) is 5.63. The van der Waals surface area contributed by atoms with Crippen LogP contribution < -0.4 is 4.74 Å². The topological polar surface area (TPSA) is 78.7 Å². The van der Waals surface area contributed by atoms with Crippen molar-refractivity contribution in [3.05, 3.63) is 32.3 Å². The molecule has 19 heavy (non-hydrogen) atoms. The molecule has 0 aliphatic rings. The van der Waals surface area contributed by atoms with E-state index < -0.39 is 23.2 Å². The summed E-state index contributed by atoms with van der Waals surface area (Å²) in [5.41, 5.74) is -0.478. The Hall–Kier alpha value is -1.77. The van der Waals surface area contributed by atoms with Crippen LogP contribution in [-0.4, -0.2) is 24.6 Å². The third-order valence-electron chi connectivity index (χ3n) is 2.13. The molecule has 0 heterocycles. The SMILES string of the molecule is COC(=O)Cc1ccc(OC(F)F)c(Br)c1[N+](=O)[O-]. The normalized spacial score (nSPS) is 10.4. The van der Waals surface area contributed by atoms with Crippen molar-refractivity contribution in [2.24, 2.45) is 0 Å². The summed E-state index contributed by atoms with van der Waals surface area (Å²) in [6, 6.07) is 2.28. The fraction of sp³-hybridized carbons (Fsp3) is 0.300. The van der Waals surface area contributed by atoms with Crippen molar-refractivity contribution in [2.75, 3.05) is 7.11 Å². The van der Waals surface area contributed by atoms with Gasteiger partial charge < -0.3 is 9.47 Å². The molecule has 0 bridgehead atoms. The number of halogens is 3. The number of methoxy groups -OCH3 is 1. The number of carbonyl (C=O) groups excluding carboxylic acids is 1. The minimum atomic E-state index is -3.11. The monoisotopic (exact) mass is 339 g/mol. The molecule has 104 valence electrons. The van der Waals surface area contributed by atoms with Crippen LogP contribution in [0.2, 0.25) is 0 Å². The zero-order chi connectivity index (χ0) is 14.6. The molecule has 0 spiro atoms. The molecule has 0 radical (unpaired) electrons. The lowest BCUT2D eigenvalue weighted by Crippen LogP contribution is -2.09. The van der Waals surface area contributed by atoms with Gasteiger partial charge in [-0.25, -0.2) is 0 Å². The summed E-state index contributed by atoms with van der Waals surface area (Å²) in [5, 5.41) is 10.9. The number of hydrogen-bond donors (Lipinski definition) is 0. The van der Waals surface area contributed by atoms with Crippen LogP contribution in [-0.2, 0) is 16.0 Å². The van der Waals surface area contributed by atoms with Gasteiger partial charge in [0, 0.05) is 5.56 Å². The van der Waals surface area contributed by atoms with Crippen molar-refractivity contribution in [1.82, 2.24) is 0 Å². The number of carbonyl (C=O) groups is 1. The summed E-state index contributed by atoms with van der Waals surface area (Å²) >= 11 is 2.82. The van der Waals surface area contributed by atoms with Gasteiger partial charge >= 0.3 is 12.6 Å². The van der Waals surface area contributed by atoms with Gasteiger partial charge in [-0.1, -0.05) is 0 Å². The van der Waals surface area contributed by atoms with Gasteiger partial charge in [-0.2, -0.15) is 8.78 Å². The van der Waals surface area contributed by atoms with Crippen molar-refractivity contribution in [1.29, 1.82) is 0 Å². The summed E-state index contributed by atoms with van der Waals surface area (Å²) in [6.07, 6.45) is -0.347. The second kappa shape index (κ2) is 6.41. The standard InChI is InChI=1S/C10H8BrF2NO5/c1-18-7(15)4-5-2-3-6(19-10(12)13)8(11)9(5)14(16)17/h2-3,10H,4H2,1H3. The van der Waals surface area contributed by atoms with E-state index in [1.54, 1.807) is 0 Å². The Bertz CT molecular complexity index is 509. The van der Waals surface area contributed by atoms with E-state index in [9.17, 15) is 23.7 Å². The van der Waals surface area contributed by atoms with Gasteiger partial charge in [0.1, 0.15) is 10.2 Å². The molecule has 0 unspecified atom stereocenters. The Morgan fingerprint density at radius 2 is 2.16 bits per heavy atom. The van der Waals surface area contributed by atoms with E-state index in [-0.39, 0.29) is 22.2 Å². The zero-order valence-electron chi connectivity index (χ0n) is 9.56. The molecule has 0 saturated carbocycles. The zero-order valence-corrected chi connectivity index (χ0v) is 11.1. The average molecular weight is 340 g/mol. The van der Waals surface area contributed by atoms with Gasteiger partial charge in [0.2, 0.25) is 0 Å². The number of nitro groups is 1. The maximum absolute atomic E-state index is 12.1. The maximum atomic E-state index is 12.1. The van der Waals surface area contributed by atoms with Gasteiger partial charge in [-0.15, -0.1) is 0 Å². The summed E-state index contributed by atoms with van der Waals surface area (Å²) in [5.74, 6) is -1.06. The molecule has 9 heteroatoms. The van der Waals surface area contributed by atoms with E-state index in [0.29, 0.717) is 0 Å². The first-order chi connectivity index (χ1) is 8.86. The molecule has 0 fully saturated rings. The summed E-state index contributed by atoms with van der Waals surface area (Å²) < 4.78 is 32.5. The molecular formula is C10H8BrF2NO5. The molecule has 0 aromatic heterocycles. The smallest absolute Gasteiger partial charge is 0.387 e. The first kappa shape index (κ1) is 15.3. The summed E-state index contributed by atoms with van der Waals surface area (Å²) in [4.78, 5) is 21.3. The number of rotatable bonds is 5. The number of benzene rings is 1. The van der Waals surface area contributed by atoms with Crippen LogP contribution in [0.25, 0.3) is 0 Å². The Morgan fingerprint density at radius 3 is 2.63 bits per heavy atom. The lowest BCUT2D eigenvalue weighted by atomic mass is 10.1. The fourth-order valence-electron chi connectivity index (χ4n) is 1.34. The molecule has 0 aliphatic carbocycles. The fourth-order valence-corrected chi connectivity index (χ4v) is 1.97. The molecule has 0 atom stereocenters. The molecule has 0 N–H and O–H groups in total. The minimum absolute atomic E-state index is 0.0327. The van der Waals surface area contributed by atoms with Crippen LogP contribution in [0.5, 0.6) is 5.75 Å². The van der Waals surface area contributed by atoms with Gasteiger partial charge in [-0.3, -0.25) is 14.9 Å². The number of hydrogen-bond acceptors (Lipinski definition) is 5. The molecular weight excluding hydrogens is 332 g/mol. The summed E-state index contributed by atoms with van der Waals surface area (Å²) in [6.45, 7) is -3.11. The molecule has 1 aromatic rings. The average Bonchev–Trinajstić information content (AvgIpc) is 2.31. The molecule has 0 saturated heterocycles. The van der Waals surface area contributed by atoms with E-state index in [0.717, 1.165) is 19.2 Å². The van der Waals surface area contributed by atoms with Crippen LogP contribution in [0.15, 0.2) is 16.6 Å².